The molecule has 1 N–H and O–H groups in total. The number of nitrogens with one attached hydrogen (secondary N) is 1. The van der Waals surface area contributed by atoms with Crippen LogP contribution in [0.2, 0.25) is 0 Å². The number of nitrogens with zero attached hydrogens (tertiary/aromatic N) is 2. The number of hydrogen-bond acceptors (Lipinski definition) is 5. The van der Waals surface area contributed by atoms with E-state index in [1.54, 1.807) is 0 Å². The Morgan fingerprint density at radius 1 is 1.60 bits per heavy atom. The highest BCUT2D eigenvalue weighted by Crippen LogP contribution is 2.18. The van der Waals surface area contributed by atoms with E-state index in [0.29, 0.717) is 6.54 Å². The fraction of sp³-hybridized carbons (Fsp3) is 0.571. The topological polar surface area (TPSA) is 62.3 Å². The molecule has 0 atom stereocenters. The van der Waals surface area contributed by atoms with Crippen LogP contribution < -0.4 is 5.32 Å². The summed E-state index contributed by atoms with van der Waals surface area (Å²) in [5.41, 5.74) is 0. The molecule has 0 bridgehead atoms. The zero-order valence-electron chi connectivity index (χ0n) is 8.40. The summed E-state index contributed by atoms with van der Waals surface area (Å²) >= 11 is 4.65. The lowest BCUT2D eigenvalue weighted by molar-refractivity contribution is 0.521. The minimum atomic E-state index is -3.13. The third kappa shape index (κ3) is 4.06. The zero-order chi connectivity index (χ0) is 11.5. The average molecular weight is 314 g/mol. The van der Waals surface area contributed by atoms with Gasteiger partial charge in [0.15, 0.2) is 5.13 Å². The number of aromatic nitrogens is 1. The Morgan fingerprint density at radius 2 is 2.27 bits per heavy atom. The summed E-state index contributed by atoms with van der Waals surface area (Å²) in [5.74, 6) is 0.0667. The van der Waals surface area contributed by atoms with Crippen molar-refractivity contribution in [3.63, 3.8) is 0 Å². The van der Waals surface area contributed by atoms with Gasteiger partial charge in [0.1, 0.15) is 4.60 Å². The van der Waals surface area contributed by atoms with E-state index < -0.39 is 10.0 Å². The van der Waals surface area contributed by atoms with Crippen LogP contribution in [-0.2, 0) is 10.0 Å². The van der Waals surface area contributed by atoms with Crippen molar-refractivity contribution in [3.05, 3.63) is 9.98 Å². The Balaban J connectivity index is 2.40. The molecule has 0 radical (unpaired) electrons. The molecule has 0 fully saturated rings. The Labute approximate surface area is 102 Å². The first-order valence-corrected chi connectivity index (χ1v) is 7.45. The van der Waals surface area contributed by atoms with Gasteiger partial charge in [-0.2, -0.15) is 0 Å². The van der Waals surface area contributed by atoms with Crippen LogP contribution in [0, 0.1) is 0 Å². The van der Waals surface area contributed by atoms with Gasteiger partial charge in [-0.1, -0.05) is 0 Å². The van der Waals surface area contributed by atoms with Crippen molar-refractivity contribution in [2.75, 3.05) is 31.7 Å². The second kappa shape index (κ2) is 5.24. The van der Waals surface area contributed by atoms with Gasteiger partial charge in [0.05, 0.1) is 5.75 Å². The van der Waals surface area contributed by atoms with Gasteiger partial charge < -0.3 is 5.32 Å². The van der Waals surface area contributed by atoms with Crippen LogP contribution in [0.15, 0.2) is 9.98 Å². The summed E-state index contributed by atoms with van der Waals surface area (Å²) in [7, 11) is -0.0793. The van der Waals surface area contributed by atoms with E-state index in [1.165, 1.54) is 29.7 Å². The molecule has 0 spiro atoms. The number of sulfonamides is 1. The van der Waals surface area contributed by atoms with Crippen LogP contribution in [0.4, 0.5) is 5.13 Å². The van der Waals surface area contributed by atoms with E-state index >= 15 is 0 Å². The highest BCUT2D eigenvalue weighted by atomic mass is 79.9. The van der Waals surface area contributed by atoms with Crippen LogP contribution in [0.25, 0.3) is 0 Å². The smallest absolute Gasteiger partial charge is 0.215 e. The lowest BCUT2D eigenvalue weighted by Gasteiger charge is -2.10. The summed E-state index contributed by atoms with van der Waals surface area (Å²) in [6, 6.07) is 0. The van der Waals surface area contributed by atoms with Crippen molar-refractivity contribution < 1.29 is 8.42 Å². The molecule has 8 heteroatoms. The molecule has 86 valence electrons. The van der Waals surface area contributed by atoms with E-state index in [0.717, 1.165) is 9.73 Å². The third-order valence-electron chi connectivity index (χ3n) is 1.67. The number of hydrogen-bond donors (Lipinski definition) is 1. The van der Waals surface area contributed by atoms with Gasteiger partial charge in [-0.15, -0.1) is 11.3 Å². The Kier molecular flexibility index (Phi) is 4.50. The lowest BCUT2D eigenvalue weighted by atomic mass is 10.7. The van der Waals surface area contributed by atoms with Gasteiger partial charge in [-0.05, 0) is 15.9 Å². The van der Waals surface area contributed by atoms with Crippen LogP contribution in [0.1, 0.15) is 0 Å². The molecule has 1 aromatic heterocycles. The molecule has 0 aromatic carbocycles. The van der Waals surface area contributed by atoms with Crippen molar-refractivity contribution >= 4 is 42.4 Å². The van der Waals surface area contributed by atoms with E-state index in [9.17, 15) is 8.42 Å². The molecular formula is C7H12BrN3O2S2. The Morgan fingerprint density at radius 3 is 2.73 bits per heavy atom. The fourth-order valence-corrected chi connectivity index (χ4v) is 2.70. The summed E-state index contributed by atoms with van der Waals surface area (Å²) in [6.45, 7) is 0.362. The van der Waals surface area contributed by atoms with Crippen LogP contribution in [0.3, 0.4) is 0 Å². The van der Waals surface area contributed by atoms with Crippen LogP contribution in [-0.4, -0.2) is 44.1 Å². The molecule has 1 aromatic rings. The highest BCUT2D eigenvalue weighted by Gasteiger charge is 2.12. The molecule has 1 rings (SSSR count). The normalized spacial score (nSPS) is 12.0. The largest absolute Gasteiger partial charge is 0.360 e. The van der Waals surface area contributed by atoms with E-state index in [1.807, 2.05) is 5.38 Å². The quantitative estimate of drug-likeness (QED) is 0.887. The standard InChI is InChI=1S/C7H12BrN3O2S2/c1-11(2)15(12,13)4-3-9-7-10-6(8)5-14-7/h5H,3-4H2,1-2H3,(H,9,10). The van der Waals surface area contributed by atoms with Crippen molar-refractivity contribution in [2.24, 2.45) is 0 Å². The summed E-state index contributed by atoms with van der Waals surface area (Å²) in [4.78, 5) is 4.09. The maximum Gasteiger partial charge on any atom is 0.215 e. The van der Waals surface area contributed by atoms with Crippen LogP contribution in [0.5, 0.6) is 0 Å². The van der Waals surface area contributed by atoms with Crippen LogP contribution >= 0.6 is 27.3 Å². The number of rotatable bonds is 5. The molecule has 0 amide bonds. The second-order valence-corrected chi connectivity index (χ2v) is 6.97. The molecule has 0 unspecified atom stereocenters. The molecule has 5 nitrogen and oxygen atoms in total. The number of halogens is 1. The van der Waals surface area contributed by atoms with Crippen molar-refractivity contribution in [1.29, 1.82) is 0 Å². The molecular weight excluding hydrogens is 302 g/mol. The second-order valence-electron chi connectivity index (χ2n) is 3.00. The first-order chi connectivity index (χ1) is 6.92. The van der Waals surface area contributed by atoms with E-state index in [-0.39, 0.29) is 5.75 Å². The van der Waals surface area contributed by atoms with Gasteiger partial charge in [-0.25, -0.2) is 17.7 Å². The van der Waals surface area contributed by atoms with E-state index in [4.69, 9.17) is 0 Å². The molecule has 0 saturated heterocycles. The molecule has 1 heterocycles. The Bertz CT molecular complexity index is 416. The predicted octanol–water partition coefficient (Wildman–Crippen LogP) is 1.21. The van der Waals surface area contributed by atoms with Crippen molar-refractivity contribution in [1.82, 2.24) is 9.29 Å². The maximum absolute atomic E-state index is 11.4. The maximum atomic E-state index is 11.4. The van der Waals surface area contributed by atoms with Gasteiger partial charge in [-0.3, -0.25) is 0 Å². The summed E-state index contributed by atoms with van der Waals surface area (Å²) in [6.07, 6.45) is 0. The van der Waals surface area contributed by atoms with Gasteiger partial charge >= 0.3 is 0 Å². The monoisotopic (exact) mass is 313 g/mol. The highest BCUT2D eigenvalue weighted by molar-refractivity contribution is 9.10. The molecule has 0 saturated carbocycles. The minimum absolute atomic E-state index is 0.0667. The number of anilines is 1. The Hall–Kier alpha value is -0.180. The number of thiazole rings is 1. The minimum Gasteiger partial charge on any atom is -0.360 e. The van der Waals surface area contributed by atoms with Gasteiger partial charge in [0.2, 0.25) is 10.0 Å². The molecule has 15 heavy (non-hydrogen) atoms. The molecule has 0 aliphatic carbocycles. The zero-order valence-corrected chi connectivity index (χ0v) is 11.6. The molecule has 0 aliphatic heterocycles. The average Bonchev–Trinajstić information content (AvgIpc) is 2.51. The first-order valence-electron chi connectivity index (χ1n) is 4.17. The summed E-state index contributed by atoms with van der Waals surface area (Å²) < 4.78 is 24.7. The summed E-state index contributed by atoms with van der Waals surface area (Å²) in [5, 5.41) is 5.50. The van der Waals surface area contributed by atoms with Gasteiger partial charge in [0, 0.05) is 26.0 Å². The van der Waals surface area contributed by atoms with Crippen molar-refractivity contribution in [2.45, 2.75) is 0 Å². The fourth-order valence-electron chi connectivity index (χ4n) is 0.805. The SMILES string of the molecule is CN(C)S(=O)(=O)CCNc1nc(Br)cs1. The predicted molar refractivity (Wildman–Crippen MR) is 65.8 cm³/mol. The van der Waals surface area contributed by atoms with Gasteiger partial charge in [0.25, 0.3) is 0 Å². The third-order valence-corrected chi connectivity index (χ3v) is 5.01. The van der Waals surface area contributed by atoms with E-state index in [2.05, 4.69) is 26.2 Å². The van der Waals surface area contributed by atoms with Crippen molar-refractivity contribution in [3.8, 4) is 0 Å². The molecule has 0 aliphatic rings. The first kappa shape index (κ1) is 12.9. The lowest BCUT2D eigenvalue weighted by Crippen LogP contribution is -2.28.